The van der Waals surface area contributed by atoms with E-state index in [1.807, 2.05) is 18.2 Å². The average molecular weight is 415 g/mol. The molecule has 5 nitrogen and oxygen atoms in total. The van der Waals surface area contributed by atoms with Crippen molar-refractivity contribution in [2.45, 2.75) is 23.9 Å². The fourth-order valence-corrected chi connectivity index (χ4v) is 5.05. The molecule has 0 aliphatic carbocycles. The van der Waals surface area contributed by atoms with Gasteiger partial charge in [-0.05, 0) is 30.0 Å². The first kappa shape index (κ1) is 18.2. The molecule has 1 aromatic carbocycles. The number of hydrogen-bond acceptors (Lipinski definition) is 7. The third-order valence-corrected chi connectivity index (χ3v) is 6.87. The van der Waals surface area contributed by atoms with Gasteiger partial charge in [-0.25, -0.2) is 4.98 Å². The molecule has 0 bridgehead atoms. The topological polar surface area (TPSA) is 52.8 Å². The van der Waals surface area contributed by atoms with E-state index in [0.717, 1.165) is 45.9 Å². The highest BCUT2D eigenvalue weighted by Crippen LogP contribution is 2.29. The minimum absolute atomic E-state index is 0.776. The van der Waals surface area contributed by atoms with E-state index >= 15 is 0 Å². The van der Waals surface area contributed by atoms with Crippen molar-refractivity contribution >= 4 is 34.4 Å². The molecule has 0 amide bonds. The summed E-state index contributed by atoms with van der Waals surface area (Å²) in [6, 6.07) is 12.2. The molecule has 0 radical (unpaired) electrons. The maximum atomic E-state index is 5.30. The van der Waals surface area contributed by atoms with Crippen molar-refractivity contribution < 1.29 is 4.74 Å². The molecule has 4 aromatic rings. The van der Waals surface area contributed by atoms with Gasteiger partial charge in [0.05, 0.1) is 12.8 Å². The largest absolute Gasteiger partial charge is 0.497 e. The fourth-order valence-electron chi connectivity index (χ4n) is 2.60. The maximum Gasteiger partial charge on any atom is 0.191 e. The molecule has 0 N–H and O–H groups in total. The van der Waals surface area contributed by atoms with E-state index in [1.54, 1.807) is 47.9 Å². The number of hydrogen-bond donors (Lipinski definition) is 0. The van der Waals surface area contributed by atoms with Crippen LogP contribution >= 0.6 is 34.4 Å². The Morgan fingerprint density at radius 1 is 1.19 bits per heavy atom. The summed E-state index contributed by atoms with van der Waals surface area (Å²) in [6.45, 7) is 0.891. The highest BCUT2D eigenvalue weighted by molar-refractivity contribution is 7.98. The van der Waals surface area contributed by atoms with Crippen molar-refractivity contribution in [2.75, 3.05) is 7.11 Å². The Morgan fingerprint density at radius 3 is 3.00 bits per heavy atom. The van der Waals surface area contributed by atoms with Crippen LogP contribution in [0.4, 0.5) is 0 Å². The summed E-state index contributed by atoms with van der Waals surface area (Å²) in [4.78, 5) is 6.13. The van der Waals surface area contributed by atoms with Gasteiger partial charge in [0.2, 0.25) is 0 Å². The monoisotopic (exact) mass is 414 g/mol. The number of thiazole rings is 1. The van der Waals surface area contributed by atoms with Gasteiger partial charge in [-0.2, -0.15) is 0 Å². The summed E-state index contributed by atoms with van der Waals surface area (Å²) in [7, 11) is 1.68. The van der Waals surface area contributed by atoms with Crippen molar-refractivity contribution in [1.82, 2.24) is 19.7 Å². The first-order valence-electron chi connectivity index (χ1n) is 8.43. The van der Waals surface area contributed by atoms with Gasteiger partial charge in [-0.3, -0.25) is 0 Å². The number of aryl methyl sites for hydroxylation is 2. The first-order valence-corrected chi connectivity index (χ1v) is 11.2. The zero-order valence-corrected chi connectivity index (χ0v) is 17.2. The molecule has 27 heavy (non-hydrogen) atoms. The van der Waals surface area contributed by atoms with E-state index in [0.29, 0.717) is 0 Å². The third-order valence-electron chi connectivity index (χ3n) is 3.98. The second-order valence-electron chi connectivity index (χ2n) is 5.80. The molecular weight excluding hydrogens is 396 g/mol. The van der Waals surface area contributed by atoms with Gasteiger partial charge in [-0.15, -0.1) is 32.9 Å². The Morgan fingerprint density at radius 2 is 2.15 bits per heavy atom. The number of nitrogens with zero attached hydrogens (tertiary/aromatic N) is 4. The van der Waals surface area contributed by atoms with Crippen molar-refractivity contribution in [3.8, 4) is 16.3 Å². The molecule has 3 heterocycles. The Balaban J connectivity index is 1.38. The predicted octanol–water partition coefficient (Wildman–Crippen LogP) is 5.01. The lowest BCUT2D eigenvalue weighted by Crippen LogP contribution is -2.01. The fraction of sp³-hybridized carbons (Fsp3) is 0.211. The van der Waals surface area contributed by atoms with Crippen LogP contribution in [0.25, 0.3) is 10.6 Å². The molecule has 0 fully saturated rings. The smallest absolute Gasteiger partial charge is 0.191 e. The first-order chi connectivity index (χ1) is 13.3. The standard InChI is InChI=1S/C19H18N4OS3/c1-24-16-5-2-4-14(10-16)18-21-15(11-26-18)12-27-19-22-20-13-23(19)8-7-17-6-3-9-25-17/h2-6,9-11,13H,7-8,12H2,1H3. The van der Waals surface area contributed by atoms with Crippen LogP contribution in [0.1, 0.15) is 10.6 Å². The highest BCUT2D eigenvalue weighted by atomic mass is 32.2. The summed E-state index contributed by atoms with van der Waals surface area (Å²) < 4.78 is 7.41. The summed E-state index contributed by atoms with van der Waals surface area (Å²) in [6.07, 6.45) is 2.80. The lowest BCUT2D eigenvalue weighted by atomic mass is 10.2. The molecule has 138 valence electrons. The number of thioether (sulfide) groups is 1. The zero-order chi connectivity index (χ0) is 18.5. The van der Waals surface area contributed by atoms with Gasteiger partial charge in [0.15, 0.2) is 5.16 Å². The van der Waals surface area contributed by atoms with Crippen molar-refractivity contribution in [3.63, 3.8) is 0 Å². The molecule has 0 unspecified atom stereocenters. The van der Waals surface area contributed by atoms with Crippen molar-refractivity contribution in [1.29, 1.82) is 0 Å². The summed E-state index contributed by atoms with van der Waals surface area (Å²) in [5, 5.41) is 14.5. The van der Waals surface area contributed by atoms with E-state index in [1.165, 1.54) is 4.88 Å². The highest BCUT2D eigenvalue weighted by Gasteiger charge is 2.10. The Bertz CT molecular complexity index is 994. The second-order valence-corrected chi connectivity index (χ2v) is 8.63. The third kappa shape index (κ3) is 4.58. The van der Waals surface area contributed by atoms with Gasteiger partial charge in [0.25, 0.3) is 0 Å². The van der Waals surface area contributed by atoms with E-state index in [4.69, 9.17) is 9.72 Å². The van der Waals surface area contributed by atoms with Gasteiger partial charge >= 0.3 is 0 Å². The van der Waals surface area contributed by atoms with Crippen LogP contribution in [0, 0.1) is 0 Å². The van der Waals surface area contributed by atoms with Crippen LogP contribution in [-0.4, -0.2) is 26.9 Å². The zero-order valence-electron chi connectivity index (χ0n) is 14.7. The number of ether oxygens (including phenoxy) is 1. The van der Waals surface area contributed by atoms with Gasteiger partial charge in [0.1, 0.15) is 17.1 Å². The molecule has 0 aliphatic heterocycles. The number of benzene rings is 1. The Hall–Kier alpha value is -2.16. The van der Waals surface area contributed by atoms with Crippen LogP contribution in [0.2, 0.25) is 0 Å². The molecule has 0 saturated carbocycles. The van der Waals surface area contributed by atoms with E-state index in [2.05, 4.69) is 43.7 Å². The van der Waals surface area contributed by atoms with E-state index in [9.17, 15) is 0 Å². The van der Waals surface area contributed by atoms with Crippen LogP contribution in [0.15, 0.2) is 58.6 Å². The molecular formula is C19H18N4OS3. The summed E-state index contributed by atoms with van der Waals surface area (Å²) in [5.41, 5.74) is 2.13. The van der Waals surface area contributed by atoms with Crippen LogP contribution in [0.3, 0.4) is 0 Å². The second kappa shape index (κ2) is 8.69. The number of rotatable bonds is 8. The minimum atomic E-state index is 0.776. The molecule has 0 saturated heterocycles. The lowest BCUT2D eigenvalue weighted by Gasteiger charge is -2.04. The normalized spacial score (nSPS) is 11.0. The molecule has 0 spiro atoms. The summed E-state index contributed by atoms with van der Waals surface area (Å²) in [5.74, 6) is 1.62. The molecule has 3 aromatic heterocycles. The Kier molecular flexibility index (Phi) is 5.86. The van der Waals surface area contributed by atoms with Crippen LogP contribution in [-0.2, 0) is 18.7 Å². The van der Waals surface area contributed by atoms with Crippen LogP contribution < -0.4 is 4.74 Å². The quantitative estimate of drug-likeness (QED) is 0.380. The predicted molar refractivity (Wildman–Crippen MR) is 112 cm³/mol. The van der Waals surface area contributed by atoms with E-state index in [-0.39, 0.29) is 0 Å². The van der Waals surface area contributed by atoms with Gasteiger partial charge < -0.3 is 9.30 Å². The molecule has 0 atom stereocenters. The van der Waals surface area contributed by atoms with Gasteiger partial charge in [-0.1, -0.05) is 30.0 Å². The minimum Gasteiger partial charge on any atom is -0.497 e. The number of thiophene rings is 1. The van der Waals surface area contributed by atoms with E-state index < -0.39 is 0 Å². The van der Waals surface area contributed by atoms with Crippen LogP contribution in [0.5, 0.6) is 5.75 Å². The maximum absolute atomic E-state index is 5.30. The van der Waals surface area contributed by atoms with Crippen molar-refractivity contribution in [2.24, 2.45) is 0 Å². The number of methoxy groups -OCH3 is 1. The van der Waals surface area contributed by atoms with Crippen molar-refractivity contribution in [3.05, 3.63) is 64.1 Å². The molecule has 4 rings (SSSR count). The summed E-state index contributed by atoms with van der Waals surface area (Å²) >= 11 is 5.11. The lowest BCUT2D eigenvalue weighted by molar-refractivity contribution is 0.415. The Labute approximate surface area is 170 Å². The number of aromatic nitrogens is 4. The average Bonchev–Trinajstić information content (AvgIpc) is 3.46. The molecule has 0 aliphatic rings. The molecule has 8 heteroatoms. The van der Waals surface area contributed by atoms with Gasteiger partial charge in [0, 0.05) is 28.1 Å². The SMILES string of the molecule is COc1cccc(-c2nc(CSc3nncn3CCc3cccs3)cs2)c1.